The molecule has 2 aromatic rings. The Kier molecular flexibility index (Phi) is 4.24. The van der Waals surface area contributed by atoms with Crippen LogP contribution in [0.1, 0.15) is 23.7 Å². The van der Waals surface area contributed by atoms with Crippen molar-refractivity contribution in [1.82, 2.24) is 10.2 Å². The van der Waals surface area contributed by atoms with Crippen LogP contribution in [-0.2, 0) is 4.79 Å². The van der Waals surface area contributed by atoms with Gasteiger partial charge in [-0.05, 0) is 41.8 Å². The highest BCUT2D eigenvalue weighted by Gasteiger charge is 2.27. The highest BCUT2D eigenvalue weighted by atomic mass is 16.7. The molecule has 1 saturated heterocycles. The van der Waals surface area contributed by atoms with Gasteiger partial charge in [0.05, 0.1) is 0 Å². The van der Waals surface area contributed by atoms with Gasteiger partial charge < -0.3 is 19.7 Å². The molecule has 2 aromatic carbocycles. The molecule has 2 aliphatic rings. The van der Waals surface area contributed by atoms with E-state index in [0.717, 1.165) is 29.0 Å². The van der Waals surface area contributed by atoms with Crippen molar-refractivity contribution in [3.8, 4) is 22.6 Å². The fourth-order valence-electron chi connectivity index (χ4n) is 3.44. The number of ether oxygens (including phenoxy) is 2. The molecule has 1 atom stereocenters. The van der Waals surface area contributed by atoms with Crippen molar-refractivity contribution in [2.75, 3.05) is 19.9 Å². The van der Waals surface area contributed by atoms with Gasteiger partial charge in [-0.3, -0.25) is 9.59 Å². The number of nitrogens with zero attached hydrogens (tertiary/aromatic N) is 1. The number of hydrogen-bond acceptors (Lipinski definition) is 4. The molecule has 4 rings (SSSR count). The third-order valence-corrected chi connectivity index (χ3v) is 4.70. The summed E-state index contributed by atoms with van der Waals surface area (Å²) in [5.74, 6) is 1.38. The number of benzene rings is 2. The summed E-state index contributed by atoms with van der Waals surface area (Å²) in [5, 5.41) is 2.88. The SMILES string of the molecule is CC(=O)N[C@H]1CCN(C(=O)c2cccc(-c3ccc4c(c3)OCO4)c2)C1. The summed E-state index contributed by atoms with van der Waals surface area (Å²) in [6.07, 6.45) is 0.785. The Hall–Kier alpha value is -3.02. The van der Waals surface area contributed by atoms with Crippen molar-refractivity contribution in [3.63, 3.8) is 0 Å². The van der Waals surface area contributed by atoms with Crippen LogP contribution in [0.2, 0.25) is 0 Å². The smallest absolute Gasteiger partial charge is 0.253 e. The second kappa shape index (κ2) is 6.71. The Morgan fingerprint density at radius 1 is 1.08 bits per heavy atom. The van der Waals surface area contributed by atoms with E-state index in [4.69, 9.17) is 9.47 Å². The molecule has 0 radical (unpaired) electrons. The zero-order valence-electron chi connectivity index (χ0n) is 14.5. The van der Waals surface area contributed by atoms with Crippen molar-refractivity contribution in [1.29, 1.82) is 0 Å². The number of amides is 2. The van der Waals surface area contributed by atoms with Gasteiger partial charge in [0, 0.05) is 31.6 Å². The summed E-state index contributed by atoms with van der Waals surface area (Å²) in [5.41, 5.74) is 2.57. The molecule has 134 valence electrons. The van der Waals surface area contributed by atoms with E-state index in [-0.39, 0.29) is 24.6 Å². The van der Waals surface area contributed by atoms with E-state index in [1.54, 1.807) is 4.90 Å². The zero-order chi connectivity index (χ0) is 18.1. The first-order valence-electron chi connectivity index (χ1n) is 8.66. The highest BCUT2D eigenvalue weighted by molar-refractivity contribution is 5.95. The first-order valence-corrected chi connectivity index (χ1v) is 8.66. The van der Waals surface area contributed by atoms with Gasteiger partial charge in [0.2, 0.25) is 12.7 Å². The van der Waals surface area contributed by atoms with Crippen LogP contribution in [0.3, 0.4) is 0 Å². The molecular formula is C20H20N2O4. The number of likely N-dealkylation sites (tertiary alicyclic amines) is 1. The number of rotatable bonds is 3. The van der Waals surface area contributed by atoms with E-state index in [1.165, 1.54) is 6.92 Å². The van der Waals surface area contributed by atoms with Gasteiger partial charge >= 0.3 is 0 Å². The highest BCUT2D eigenvalue weighted by Crippen LogP contribution is 2.36. The minimum atomic E-state index is -0.0610. The summed E-state index contributed by atoms with van der Waals surface area (Å²) in [6, 6.07) is 13.4. The first-order chi connectivity index (χ1) is 12.6. The number of carbonyl (C=O) groups is 2. The van der Waals surface area contributed by atoms with E-state index in [1.807, 2.05) is 42.5 Å². The van der Waals surface area contributed by atoms with Crippen LogP contribution < -0.4 is 14.8 Å². The van der Waals surface area contributed by atoms with Crippen molar-refractivity contribution < 1.29 is 19.1 Å². The van der Waals surface area contributed by atoms with E-state index in [9.17, 15) is 9.59 Å². The van der Waals surface area contributed by atoms with Crippen LogP contribution in [0.5, 0.6) is 11.5 Å². The molecule has 0 aromatic heterocycles. The van der Waals surface area contributed by atoms with Gasteiger partial charge in [-0.1, -0.05) is 18.2 Å². The molecule has 2 aliphatic heterocycles. The molecular weight excluding hydrogens is 332 g/mol. The molecule has 6 nitrogen and oxygen atoms in total. The quantitative estimate of drug-likeness (QED) is 0.921. The lowest BCUT2D eigenvalue weighted by atomic mass is 10.0. The largest absolute Gasteiger partial charge is 0.454 e. The number of hydrogen-bond donors (Lipinski definition) is 1. The third kappa shape index (κ3) is 3.22. The average Bonchev–Trinajstić information content (AvgIpc) is 3.29. The van der Waals surface area contributed by atoms with Crippen LogP contribution >= 0.6 is 0 Å². The van der Waals surface area contributed by atoms with Gasteiger partial charge in [0.25, 0.3) is 5.91 Å². The van der Waals surface area contributed by atoms with Crippen LogP contribution in [0.25, 0.3) is 11.1 Å². The topological polar surface area (TPSA) is 67.9 Å². The van der Waals surface area contributed by atoms with Gasteiger partial charge in [-0.15, -0.1) is 0 Å². The maximum absolute atomic E-state index is 12.8. The second-order valence-electron chi connectivity index (χ2n) is 6.59. The lowest BCUT2D eigenvalue weighted by molar-refractivity contribution is -0.119. The van der Waals surface area contributed by atoms with E-state index in [0.29, 0.717) is 18.7 Å². The van der Waals surface area contributed by atoms with Gasteiger partial charge in [0.1, 0.15) is 0 Å². The fraction of sp³-hybridized carbons (Fsp3) is 0.300. The molecule has 0 bridgehead atoms. The third-order valence-electron chi connectivity index (χ3n) is 4.70. The van der Waals surface area contributed by atoms with Crippen LogP contribution in [0, 0.1) is 0 Å². The Labute approximate surface area is 151 Å². The predicted octanol–water partition coefficient (Wildman–Crippen LogP) is 2.43. The fourth-order valence-corrected chi connectivity index (χ4v) is 3.44. The molecule has 2 heterocycles. The lowest BCUT2D eigenvalue weighted by Gasteiger charge is -2.17. The molecule has 26 heavy (non-hydrogen) atoms. The maximum Gasteiger partial charge on any atom is 0.253 e. The molecule has 1 fully saturated rings. The van der Waals surface area contributed by atoms with Crippen molar-refractivity contribution in [3.05, 3.63) is 48.0 Å². The molecule has 0 saturated carbocycles. The first kappa shape index (κ1) is 16.4. The Morgan fingerprint density at radius 3 is 2.73 bits per heavy atom. The average molecular weight is 352 g/mol. The molecule has 2 amide bonds. The Morgan fingerprint density at radius 2 is 1.88 bits per heavy atom. The maximum atomic E-state index is 12.8. The number of carbonyl (C=O) groups excluding carboxylic acids is 2. The van der Waals surface area contributed by atoms with Crippen molar-refractivity contribution in [2.24, 2.45) is 0 Å². The molecule has 0 spiro atoms. The van der Waals surface area contributed by atoms with Crippen molar-refractivity contribution in [2.45, 2.75) is 19.4 Å². The van der Waals surface area contributed by atoms with Gasteiger partial charge in [-0.25, -0.2) is 0 Å². The minimum Gasteiger partial charge on any atom is -0.454 e. The lowest BCUT2D eigenvalue weighted by Crippen LogP contribution is -2.37. The standard InChI is InChI=1S/C20H20N2O4/c1-13(23)21-17-7-8-22(11-17)20(24)16-4-2-3-14(9-16)15-5-6-18-19(10-15)26-12-25-18/h2-6,9-10,17H,7-8,11-12H2,1H3,(H,21,23)/t17-/m0/s1. The minimum absolute atomic E-state index is 0.0135. The van der Waals surface area contributed by atoms with E-state index >= 15 is 0 Å². The summed E-state index contributed by atoms with van der Waals surface area (Å²) >= 11 is 0. The second-order valence-corrected chi connectivity index (χ2v) is 6.59. The number of nitrogens with one attached hydrogen (secondary N) is 1. The van der Waals surface area contributed by atoms with Crippen LogP contribution in [-0.4, -0.2) is 42.6 Å². The summed E-state index contributed by atoms with van der Waals surface area (Å²) in [4.78, 5) is 25.8. The summed E-state index contributed by atoms with van der Waals surface area (Å²) in [7, 11) is 0. The van der Waals surface area contributed by atoms with Gasteiger partial charge in [-0.2, -0.15) is 0 Å². The Balaban J connectivity index is 1.52. The van der Waals surface area contributed by atoms with Crippen LogP contribution in [0.4, 0.5) is 0 Å². The molecule has 0 aliphatic carbocycles. The molecule has 1 N–H and O–H groups in total. The molecule has 0 unspecified atom stereocenters. The summed E-state index contributed by atoms with van der Waals surface area (Å²) in [6.45, 7) is 2.94. The zero-order valence-corrected chi connectivity index (χ0v) is 14.5. The normalized spacial score (nSPS) is 18.0. The van der Waals surface area contributed by atoms with E-state index in [2.05, 4.69) is 5.32 Å². The summed E-state index contributed by atoms with van der Waals surface area (Å²) < 4.78 is 10.8. The van der Waals surface area contributed by atoms with Crippen LogP contribution in [0.15, 0.2) is 42.5 Å². The predicted molar refractivity (Wildman–Crippen MR) is 96.1 cm³/mol. The number of fused-ring (bicyclic) bond motifs is 1. The van der Waals surface area contributed by atoms with E-state index < -0.39 is 0 Å². The van der Waals surface area contributed by atoms with Gasteiger partial charge in [0.15, 0.2) is 11.5 Å². The monoisotopic (exact) mass is 352 g/mol. The molecule has 6 heteroatoms. The van der Waals surface area contributed by atoms with Crippen molar-refractivity contribution >= 4 is 11.8 Å². The Bertz CT molecular complexity index is 865.